The Bertz CT molecular complexity index is 1290. The van der Waals surface area contributed by atoms with Gasteiger partial charge in [-0.3, -0.25) is 9.59 Å². The van der Waals surface area contributed by atoms with Gasteiger partial charge in [0.15, 0.2) is 0 Å². The molecule has 3 aromatic carbocycles. The molecule has 0 saturated heterocycles. The van der Waals surface area contributed by atoms with E-state index < -0.39 is 0 Å². The zero-order valence-corrected chi connectivity index (χ0v) is 18.8. The number of aromatic hydroxyl groups is 1. The molecule has 1 heterocycles. The lowest BCUT2D eigenvalue weighted by Crippen LogP contribution is -2.19. The number of para-hydroxylation sites is 1. The maximum atomic E-state index is 12.8. The lowest BCUT2D eigenvalue weighted by molar-refractivity contribution is -0.113. The van der Waals surface area contributed by atoms with E-state index in [-0.39, 0.29) is 23.3 Å². The minimum absolute atomic E-state index is 0.0207. The smallest absolute Gasteiger partial charge is 0.257 e. The summed E-state index contributed by atoms with van der Waals surface area (Å²) in [5.41, 5.74) is 1.96. The van der Waals surface area contributed by atoms with Crippen molar-refractivity contribution in [1.82, 2.24) is 20.2 Å². The van der Waals surface area contributed by atoms with Gasteiger partial charge in [0.25, 0.3) is 5.91 Å². The first-order valence-electron chi connectivity index (χ1n) is 10.1. The molecule has 3 N–H and O–H groups in total. The number of rotatable bonds is 8. The molecule has 2 amide bonds. The number of phenolic OH excluding ortho intramolecular Hbond substituents is 1. The van der Waals surface area contributed by atoms with Gasteiger partial charge in [-0.2, -0.15) is 4.68 Å². The first-order chi connectivity index (χ1) is 16.5. The van der Waals surface area contributed by atoms with Crippen molar-refractivity contribution in [2.45, 2.75) is 5.16 Å². The molecule has 0 aliphatic heterocycles. The van der Waals surface area contributed by atoms with Crippen LogP contribution in [0.4, 0.5) is 11.4 Å². The topological polar surface area (TPSA) is 131 Å². The van der Waals surface area contributed by atoms with Crippen molar-refractivity contribution in [2.75, 3.05) is 23.5 Å². The molecule has 10 nitrogen and oxygen atoms in total. The second-order valence-corrected chi connectivity index (χ2v) is 7.90. The van der Waals surface area contributed by atoms with E-state index in [9.17, 15) is 14.7 Å². The number of carbonyl (C=O) groups is 2. The molecule has 11 heteroatoms. The fourth-order valence-electron chi connectivity index (χ4n) is 3.00. The molecule has 0 unspecified atom stereocenters. The molecule has 1 aromatic heterocycles. The number of amides is 2. The van der Waals surface area contributed by atoms with E-state index in [0.717, 1.165) is 11.8 Å². The Labute approximate surface area is 198 Å². The van der Waals surface area contributed by atoms with Gasteiger partial charge >= 0.3 is 0 Å². The Balaban J connectivity index is 1.40. The maximum absolute atomic E-state index is 12.8. The van der Waals surface area contributed by atoms with Crippen LogP contribution in [0.15, 0.2) is 78.0 Å². The third-order valence-corrected chi connectivity index (χ3v) is 5.58. The van der Waals surface area contributed by atoms with E-state index in [0.29, 0.717) is 33.5 Å². The van der Waals surface area contributed by atoms with Crippen LogP contribution in [0.2, 0.25) is 0 Å². The molecule has 0 bridgehead atoms. The predicted octanol–water partition coefficient (Wildman–Crippen LogP) is 3.36. The van der Waals surface area contributed by atoms with E-state index >= 15 is 0 Å². The molecule has 34 heavy (non-hydrogen) atoms. The highest BCUT2D eigenvalue weighted by atomic mass is 32.2. The molecular weight excluding hydrogens is 456 g/mol. The number of carbonyl (C=O) groups excluding carboxylic acids is 2. The van der Waals surface area contributed by atoms with Crippen LogP contribution in [-0.2, 0) is 4.79 Å². The molecule has 0 fully saturated rings. The summed E-state index contributed by atoms with van der Waals surface area (Å²) in [4.78, 5) is 25.4. The number of tetrazole rings is 1. The number of phenols is 1. The largest absolute Gasteiger partial charge is 0.508 e. The van der Waals surface area contributed by atoms with Crippen LogP contribution >= 0.6 is 11.8 Å². The molecule has 0 radical (unpaired) electrons. The second kappa shape index (κ2) is 10.5. The van der Waals surface area contributed by atoms with Crippen LogP contribution in [-0.4, -0.2) is 50.0 Å². The maximum Gasteiger partial charge on any atom is 0.257 e. The quantitative estimate of drug-likeness (QED) is 0.330. The number of hydrogen-bond acceptors (Lipinski definition) is 8. The molecule has 4 rings (SSSR count). The molecule has 0 aliphatic rings. The minimum atomic E-state index is -0.356. The number of anilines is 2. The summed E-state index contributed by atoms with van der Waals surface area (Å²) >= 11 is 1.14. The standard InChI is InChI=1S/C23H20N6O4S/c1-33-18-12-6-15(7-13-18)24-22(32)19-4-2-3-5-20(19)25-21(31)14-34-23-26-27-28-29(23)16-8-10-17(30)11-9-16/h2-13,30H,14H2,1H3,(H,24,32)(H,25,31). The van der Waals surface area contributed by atoms with E-state index in [1.807, 2.05) is 0 Å². The van der Waals surface area contributed by atoms with Crippen LogP contribution in [0.5, 0.6) is 11.5 Å². The van der Waals surface area contributed by atoms with Gasteiger partial charge in [0.1, 0.15) is 11.5 Å². The first-order valence-corrected chi connectivity index (χ1v) is 11.1. The van der Waals surface area contributed by atoms with Gasteiger partial charge in [0, 0.05) is 5.69 Å². The molecule has 0 saturated carbocycles. The van der Waals surface area contributed by atoms with Gasteiger partial charge in [0.2, 0.25) is 11.1 Å². The van der Waals surface area contributed by atoms with Crippen molar-refractivity contribution in [3.63, 3.8) is 0 Å². The number of aromatic nitrogens is 4. The van der Waals surface area contributed by atoms with Gasteiger partial charge in [0.05, 0.1) is 29.8 Å². The van der Waals surface area contributed by atoms with Crippen LogP contribution in [0, 0.1) is 0 Å². The summed E-state index contributed by atoms with van der Waals surface area (Å²) in [6, 6.07) is 20.0. The fraction of sp³-hybridized carbons (Fsp3) is 0.0870. The number of nitrogens with zero attached hydrogens (tertiary/aromatic N) is 4. The fourth-order valence-corrected chi connectivity index (χ4v) is 3.69. The minimum Gasteiger partial charge on any atom is -0.508 e. The Morgan fingerprint density at radius 1 is 1.00 bits per heavy atom. The van der Waals surface area contributed by atoms with Crippen molar-refractivity contribution in [3.8, 4) is 17.2 Å². The number of ether oxygens (including phenoxy) is 1. The summed E-state index contributed by atoms with van der Waals surface area (Å²) in [7, 11) is 1.57. The number of benzene rings is 3. The van der Waals surface area contributed by atoms with Gasteiger partial charge in [-0.05, 0) is 71.1 Å². The molecular formula is C23H20N6O4S. The average Bonchev–Trinajstić information content (AvgIpc) is 3.32. The van der Waals surface area contributed by atoms with Gasteiger partial charge in [-0.25, -0.2) is 0 Å². The summed E-state index contributed by atoms with van der Waals surface area (Å²) in [6.07, 6.45) is 0. The number of thioether (sulfide) groups is 1. The Morgan fingerprint density at radius 2 is 1.74 bits per heavy atom. The molecule has 0 aliphatic carbocycles. The lowest BCUT2D eigenvalue weighted by atomic mass is 10.1. The third-order valence-electron chi connectivity index (χ3n) is 4.66. The van der Waals surface area contributed by atoms with Gasteiger partial charge in [-0.1, -0.05) is 23.9 Å². The van der Waals surface area contributed by atoms with Gasteiger partial charge < -0.3 is 20.5 Å². The summed E-state index contributed by atoms with van der Waals surface area (Å²) < 4.78 is 6.59. The highest BCUT2D eigenvalue weighted by Crippen LogP contribution is 2.22. The normalized spacial score (nSPS) is 10.5. The van der Waals surface area contributed by atoms with Crippen molar-refractivity contribution in [1.29, 1.82) is 0 Å². The van der Waals surface area contributed by atoms with Crippen molar-refractivity contribution >= 4 is 35.0 Å². The first kappa shape index (κ1) is 22.8. The highest BCUT2D eigenvalue weighted by molar-refractivity contribution is 7.99. The van der Waals surface area contributed by atoms with E-state index in [1.54, 1.807) is 67.8 Å². The van der Waals surface area contributed by atoms with Crippen molar-refractivity contribution < 1.29 is 19.4 Å². The van der Waals surface area contributed by atoms with Crippen molar-refractivity contribution in [2.24, 2.45) is 0 Å². The SMILES string of the molecule is COc1ccc(NC(=O)c2ccccc2NC(=O)CSc2nnnn2-c2ccc(O)cc2)cc1. The number of hydrogen-bond donors (Lipinski definition) is 3. The molecule has 4 aromatic rings. The van der Waals surface area contributed by atoms with Crippen LogP contribution < -0.4 is 15.4 Å². The highest BCUT2D eigenvalue weighted by Gasteiger charge is 2.16. The Morgan fingerprint density at radius 3 is 2.47 bits per heavy atom. The summed E-state index contributed by atoms with van der Waals surface area (Å²) in [5.74, 6) is 0.145. The summed E-state index contributed by atoms with van der Waals surface area (Å²) in [6.45, 7) is 0. The van der Waals surface area contributed by atoms with E-state index in [1.165, 1.54) is 16.8 Å². The zero-order valence-electron chi connectivity index (χ0n) is 18.0. The molecule has 0 atom stereocenters. The number of methoxy groups -OCH3 is 1. The van der Waals surface area contributed by atoms with E-state index in [2.05, 4.69) is 26.2 Å². The second-order valence-electron chi connectivity index (χ2n) is 6.95. The molecule has 0 spiro atoms. The van der Waals surface area contributed by atoms with Crippen LogP contribution in [0.3, 0.4) is 0 Å². The lowest BCUT2D eigenvalue weighted by Gasteiger charge is -2.12. The summed E-state index contributed by atoms with van der Waals surface area (Å²) in [5, 5.41) is 27.0. The number of nitrogens with one attached hydrogen (secondary N) is 2. The average molecular weight is 477 g/mol. The van der Waals surface area contributed by atoms with Crippen LogP contribution in [0.1, 0.15) is 10.4 Å². The van der Waals surface area contributed by atoms with E-state index in [4.69, 9.17) is 4.74 Å². The van der Waals surface area contributed by atoms with Gasteiger partial charge in [-0.15, -0.1) is 5.10 Å². The van der Waals surface area contributed by atoms with Crippen molar-refractivity contribution in [3.05, 3.63) is 78.4 Å². The third kappa shape index (κ3) is 5.51. The van der Waals surface area contributed by atoms with Crippen LogP contribution in [0.25, 0.3) is 5.69 Å². The monoisotopic (exact) mass is 476 g/mol. The predicted molar refractivity (Wildman–Crippen MR) is 128 cm³/mol. The zero-order chi connectivity index (χ0) is 23.9. The molecule has 172 valence electrons. The Kier molecular flexibility index (Phi) is 7.04. The Hall–Kier alpha value is -4.38.